The van der Waals surface area contributed by atoms with Crippen molar-refractivity contribution < 1.29 is 14.0 Å². The number of aryl methyl sites for hydroxylation is 2. The van der Waals surface area contributed by atoms with E-state index in [0.717, 1.165) is 22.6 Å². The Kier molecular flexibility index (Phi) is 4.28. The van der Waals surface area contributed by atoms with Crippen LogP contribution in [0.2, 0.25) is 0 Å². The van der Waals surface area contributed by atoms with E-state index >= 15 is 0 Å². The first-order valence-electron chi connectivity index (χ1n) is 7.33. The van der Waals surface area contributed by atoms with Crippen molar-refractivity contribution in [1.29, 1.82) is 0 Å². The lowest BCUT2D eigenvalue weighted by molar-refractivity contribution is 0.241. The van der Waals surface area contributed by atoms with Gasteiger partial charge in [0, 0.05) is 5.56 Å². The van der Waals surface area contributed by atoms with Crippen LogP contribution < -0.4 is 9.47 Å². The third-order valence-corrected chi connectivity index (χ3v) is 3.48. The smallest absolute Gasteiger partial charge is 0.264 e. The topological polar surface area (TPSA) is 57.4 Å². The second-order valence-corrected chi connectivity index (χ2v) is 5.30. The van der Waals surface area contributed by atoms with Crippen LogP contribution in [0.1, 0.15) is 17.0 Å². The van der Waals surface area contributed by atoms with E-state index in [9.17, 15) is 0 Å². The molecule has 118 valence electrons. The standard InChI is InChI=1S/C18H18N2O3/c1-12-7-8-16(13(2)9-12)22-11-17-19-18(20-23-17)14-5-4-6-15(10-14)21-3/h4-10H,11H2,1-3H3. The fourth-order valence-electron chi connectivity index (χ4n) is 2.29. The Bertz CT molecular complexity index is 812. The van der Waals surface area contributed by atoms with Crippen LogP contribution in [0, 0.1) is 13.8 Å². The number of nitrogens with zero attached hydrogens (tertiary/aromatic N) is 2. The highest BCUT2D eigenvalue weighted by Crippen LogP contribution is 2.23. The number of ether oxygens (including phenoxy) is 2. The fourth-order valence-corrected chi connectivity index (χ4v) is 2.29. The van der Waals surface area contributed by atoms with Crippen LogP contribution in [0.25, 0.3) is 11.4 Å². The zero-order chi connectivity index (χ0) is 16.2. The lowest BCUT2D eigenvalue weighted by Gasteiger charge is -2.07. The average molecular weight is 310 g/mol. The average Bonchev–Trinajstić information content (AvgIpc) is 3.03. The summed E-state index contributed by atoms with van der Waals surface area (Å²) in [6.07, 6.45) is 0. The normalized spacial score (nSPS) is 10.6. The van der Waals surface area contributed by atoms with Gasteiger partial charge in [-0.1, -0.05) is 35.0 Å². The van der Waals surface area contributed by atoms with E-state index in [4.69, 9.17) is 14.0 Å². The monoisotopic (exact) mass is 310 g/mol. The molecular weight excluding hydrogens is 292 g/mol. The Morgan fingerprint density at radius 3 is 2.74 bits per heavy atom. The molecule has 5 heteroatoms. The van der Waals surface area contributed by atoms with Gasteiger partial charge in [0.15, 0.2) is 6.61 Å². The van der Waals surface area contributed by atoms with Gasteiger partial charge >= 0.3 is 0 Å². The molecule has 0 radical (unpaired) electrons. The minimum absolute atomic E-state index is 0.237. The molecule has 2 aromatic carbocycles. The van der Waals surface area contributed by atoms with Crippen LogP contribution >= 0.6 is 0 Å². The molecule has 0 unspecified atom stereocenters. The maximum atomic E-state index is 5.75. The molecule has 0 saturated carbocycles. The highest BCUT2D eigenvalue weighted by Gasteiger charge is 2.10. The molecule has 23 heavy (non-hydrogen) atoms. The molecular formula is C18H18N2O3. The van der Waals surface area contributed by atoms with Crippen LogP contribution in [0.15, 0.2) is 47.0 Å². The summed E-state index contributed by atoms with van der Waals surface area (Å²) in [6, 6.07) is 13.6. The highest BCUT2D eigenvalue weighted by atomic mass is 16.5. The summed E-state index contributed by atoms with van der Waals surface area (Å²) in [7, 11) is 1.62. The second kappa shape index (κ2) is 6.52. The Morgan fingerprint density at radius 2 is 1.96 bits per heavy atom. The molecule has 1 aromatic heterocycles. The van der Waals surface area contributed by atoms with Gasteiger partial charge in [-0.2, -0.15) is 4.98 Å². The van der Waals surface area contributed by atoms with Crippen LogP contribution in [0.4, 0.5) is 0 Å². The van der Waals surface area contributed by atoms with E-state index in [-0.39, 0.29) is 6.61 Å². The van der Waals surface area contributed by atoms with Gasteiger partial charge in [-0.05, 0) is 37.6 Å². The summed E-state index contributed by atoms with van der Waals surface area (Å²) in [6.45, 7) is 4.30. The van der Waals surface area contributed by atoms with Crippen molar-refractivity contribution in [2.75, 3.05) is 7.11 Å². The molecule has 0 aliphatic carbocycles. The summed E-state index contributed by atoms with van der Waals surface area (Å²) in [4.78, 5) is 4.36. The fraction of sp³-hybridized carbons (Fsp3) is 0.222. The van der Waals surface area contributed by atoms with E-state index in [1.165, 1.54) is 5.56 Å². The van der Waals surface area contributed by atoms with Crippen LogP contribution in [0.5, 0.6) is 11.5 Å². The SMILES string of the molecule is COc1cccc(-c2noc(COc3ccc(C)cc3C)n2)c1. The van der Waals surface area contributed by atoms with Crippen molar-refractivity contribution in [2.24, 2.45) is 0 Å². The van der Waals surface area contributed by atoms with Gasteiger partial charge < -0.3 is 14.0 Å². The Balaban J connectivity index is 1.72. The maximum Gasteiger partial charge on any atom is 0.264 e. The lowest BCUT2D eigenvalue weighted by atomic mass is 10.1. The third kappa shape index (κ3) is 3.51. The Hall–Kier alpha value is -2.82. The minimum atomic E-state index is 0.237. The second-order valence-electron chi connectivity index (χ2n) is 5.30. The predicted octanol–water partition coefficient (Wildman–Crippen LogP) is 3.94. The van der Waals surface area contributed by atoms with Gasteiger partial charge in [0.1, 0.15) is 11.5 Å². The molecule has 0 aliphatic rings. The van der Waals surface area contributed by atoms with Gasteiger partial charge in [0.25, 0.3) is 5.89 Å². The highest BCUT2D eigenvalue weighted by molar-refractivity contribution is 5.56. The first kappa shape index (κ1) is 15.1. The van der Waals surface area contributed by atoms with E-state index in [1.54, 1.807) is 7.11 Å². The quantitative estimate of drug-likeness (QED) is 0.714. The van der Waals surface area contributed by atoms with E-state index in [1.807, 2.05) is 43.3 Å². The molecule has 5 nitrogen and oxygen atoms in total. The molecule has 1 heterocycles. The number of hydrogen-bond acceptors (Lipinski definition) is 5. The maximum absolute atomic E-state index is 5.75. The molecule has 0 spiro atoms. The zero-order valence-corrected chi connectivity index (χ0v) is 13.4. The molecule has 0 bridgehead atoms. The Labute approximate surface area is 134 Å². The number of benzene rings is 2. The van der Waals surface area contributed by atoms with Crippen LogP contribution in [-0.2, 0) is 6.61 Å². The zero-order valence-electron chi connectivity index (χ0n) is 13.4. The van der Waals surface area contributed by atoms with E-state index in [0.29, 0.717) is 11.7 Å². The van der Waals surface area contributed by atoms with E-state index < -0.39 is 0 Å². The Morgan fingerprint density at radius 1 is 1.09 bits per heavy atom. The van der Waals surface area contributed by atoms with Crippen molar-refractivity contribution in [3.63, 3.8) is 0 Å². The first-order chi connectivity index (χ1) is 11.2. The van der Waals surface area contributed by atoms with Crippen molar-refractivity contribution in [3.8, 4) is 22.9 Å². The van der Waals surface area contributed by atoms with Gasteiger partial charge in [0.05, 0.1) is 7.11 Å². The summed E-state index contributed by atoms with van der Waals surface area (Å²) >= 11 is 0. The third-order valence-electron chi connectivity index (χ3n) is 3.48. The van der Waals surface area contributed by atoms with Crippen molar-refractivity contribution in [3.05, 3.63) is 59.5 Å². The van der Waals surface area contributed by atoms with Gasteiger partial charge in [-0.15, -0.1) is 0 Å². The summed E-state index contributed by atoms with van der Waals surface area (Å²) < 4.78 is 16.2. The molecule has 0 amide bonds. The molecule has 0 N–H and O–H groups in total. The predicted molar refractivity (Wildman–Crippen MR) is 86.5 cm³/mol. The largest absolute Gasteiger partial charge is 0.497 e. The molecule has 0 saturated heterocycles. The minimum Gasteiger partial charge on any atom is -0.497 e. The molecule has 0 atom stereocenters. The lowest BCUT2D eigenvalue weighted by Crippen LogP contribution is -1.97. The first-order valence-corrected chi connectivity index (χ1v) is 7.33. The van der Waals surface area contributed by atoms with Crippen molar-refractivity contribution in [1.82, 2.24) is 10.1 Å². The van der Waals surface area contributed by atoms with Crippen molar-refractivity contribution in [2.45, 2.75) is 20.5 Å². The van der Waals surface area contributed by atoms with Gasteiger partial charge in [0.2, 0.25) is 5.82 Å². The number of methoxy groups -OCH3 is 1. The van der Waals surface area contributed by atoms with Gasteiger partial charge in [-0.3, -0.25) is 0 Å². The van der Waals surface area contributed by atoms with Crippen LogP contribution in [0.3, 0.4) is 0 Å². The number of rotatable bonds is 5. The summed E-state index contributed by atoms with van der Waals surface area (Å²) in [5, 5.41) is 3.99. The number of hydrogen-bond donors (Lipinski definition) is 0. The summed E-state index contributed by atoms with van der Waals surface area (Å²) in [5.74, 6) is 2.52. The van der Waals surface area contributed by atoms with Gasteiger partial charge in [-0.25, -0.2) is 0 Å². The molecule has 3 rings (SSSR count). The number of aromatic nitrogens is 2. The van der Waals surface area contributed by atoms with Crippen molar-refractivity contribution >= 4 is 0 Å². The van der Waals surface area contributed by atoms with Crippen LogP contribution in [-0.4, -0.2) is 17.3 Å². The summed E-state index contributed by atoms with van der Waals surface area (Å²) in [5.41, 5.74) is 3.12. The molecule has 3 aromatic rings. The molecule has 0 fully saturated rings. The van der Waals surface area contributed by atoms with E-state index in [2.05, 4.69) is 23.1 Å². The molecule has 0 aliphatic heterocycles.